The minimum atomic E-state index is -0.408. The monoisotopic (exact) mass is 452 g/mol. The molecular formula is C27H36N2O4. The number of carbonyl (C=O) groups excluding carboxylic acids is 2. The molecule has 6 nitrogen and oxygen atoms in total. The maximum atomic E-state index is 12.3. The average molecular weight is 453 g/mol. The number of hydrogen-bond donors (Lipinski definition) is 1. The average Bonchev–Trinajstić information content (AvgIpc) is 3.08. The largest absolute Gasteiger partial charge is 0.469 e. The zero-order chi connectivity index (χ0) is 23.8. The number of esters is 2. The number of nitrogens with one attached hydrogen (secondary N) is 1. The van der Waals surface area contributed by atoms with Crippen molar-refractivity contribution >= 4 is 11.9 Å². The summed E-state index contributed by atoms with van der Waals surface area (Å²) in [6, 6.07) is 20.5. The molecule has 0 saturated carbocycles. The molecule has 178 valence electrons. The second kappa shape index (κ2) is 12.0. The van der Waals surface area contributed by atoms with E-state index in [0.29, 0.717) is 24.1 Å². The summed E-state index contributed by atoms with van der Waals surface area (Å²) in [5, 5.41) is 3.21. The lowest BCUT2D eigenvalue weighted by Crippen LogP contribution is -2.53. The van der Waals surface area contributed by atoms with Gasteiger partial charge in [0.2, 0.25) is 0 Å². The Kier molecular flexibility index (Phi) is 9.03. The molecule has 0 unspecified atom stereocenters. The van der Waals surface area contributed by atoms with Gasteiger partial charge in [-0.15, -0.1) is 0 Å². The van der Waals surface area contributed by atoms with Crippen LogP contribution in [0, 0.1) is 5.92 Å². The Morgan fingerprint density at radius 2 is 1.70 bits per heavy atom. The molecule has 0 aromatic heterocycles. The Morgan fingerprint density at radius 3 is 2.30 bits per heavy atom. The SMILES string of the molecule is CN[C@@H](C)Cc1ccccc1.COC(=O)[C@H]1[C@@H](OC(=O)c2ccccc2)C[C@@H]2CC[C@H]1N2C. The highest BCUT2D eigenvalue weighted by molar-refractivity contribution is 5.89. The fourth-order valence-corrected chi connectivity index (χ4v) is 4.84. The summed E-state index contributed by atoms with van der Waals surface area (Å²) >= 11 is 0. The molecule has 2 bridgehead atoms. The zero-order valence-corrected chi connectivity index (χ0v) is 20.1. The van der Waals surface area contributed by atoms with Crippen LogP contribution in [0.15, 0.2) is 60.7 Å². The van der Waals surface area contributed by atoms with Crippen LogP contribution in [0.25, 0.3) is 0 Å². The summed E-state index contributed by atoms with van der Waals surface area (Å²) in [7, 11) is 5.42. The number of rotatable bonds is 6. The van der Waals surface area contributed by atoms with Crippen molar-refractivity contribution in [3.05, 3.63) is 71.8 Å². The number of carbonyl (C=O) groups is 2. The third kappa shape index (κ3) is 6.42. The molecule has 2 saturated heterocycles. The van der Waals surface area contributed by atoms with Crippen LogP contribution in [0.4, 0.5) is 0 Å². The number of ether oxygens (including phenoxy) is 2. The summed E-state index contributed by atoms with van der Waals surface area (Å²) in [6.07, 6.45) is 3.37. The van der Waals surface area contributed by atoms with Crippen LogP contribution in [-0.2, 0) is 20.7 Å². The summed E-state index contributed by atoms with van der Waals surface area (Å²) < 4.78 is 10.6. The smallest absolute Gasteiger partial charge is 0.338 e. The molecule has 2 aliphatic rings. The van der Waals surface area contributed by atoms with Crippen molar-refractivity contribution in [2.45, 2.75) is 56.8 Å². The zero-order valence-electron chi connectivity index (χ0n) is 20.1. The molecule has 2 aliphatic heterocycles. The summed E-state index contributed by atoms with van der Waals surface area (Å²) in [6.45, 7) is 2.19. The number of benzene rings is 2. The van der Waals surface area contributed by atoms with Gasteiger partial charge in [-0.05, 0) is 58.0 Å². The van der Waals surface area contributed by atoms with E-state index in [1.54, 1.807) is 24.3 Å². The Hall–Kier alpha value is -2.70. The van der Waals surface area contributed by atoms with Gasteiger partial charge in [0.15, 0.2) is 0 Å². The first kappa shape index (κ1) is 24.9. The van der Waals surface area contributed by atoms with Crippen molar-refractivity contribution in [3.8, 4) is 0 Å². The van der Waals surface area contributed by atoms with E-state index in [9.17, 15) is 9.59 Å². The molecular weight excluding hydrogens is 416 g/mol. The van der Waals surface area contributed by atoms with Gasteiger partial charge in [0.1, 0.15) is 12.0 Å². The molecule has 4 rings (SSSR count). The van der Waals surface area contributed by atoms with E-state index in [0.717, 1.165) is 19.3 Å². The van der Waals surface area contributed by atoms with Crippen molar-refractivity contribution in [3.63, 3.8) is 0 Å². The maximum absolute atomic E-state index is 12.3. The van der Waals surface area contributed by atoms with Gasteiger partial charge < -0.3 is 14.8 Å². The Balaban J connectivity index is 0.000000235. The van der Waals surface area contributed by atoms with Crippen LogP contribution in [-0.4, -0.2) is 62.3 Å². The highest BCUT2D eigenvalue weighted by Gasteiger charge is 2.50. The molecule has 2 aromatic carbocycles. The lowest BCUT2D eigenvalue weighted by molar-refractivity contribution is -0.156. The third-order valence-electron chi connectivity index (χ3n) is 6.83. The molecule has 6 heteroatoms. The van der Waals surface area contributed by atoms with Crippen LogP contribution in [0.3, 0.4) is 0 Å². The number of nitrogens with zero attached hydrogens (tertiary/aromatic N) is 1. The van der Waals surface area contributed by atoms with Crippen LogP contribution >= 0.6 is 0 Å². The van der Waals surface area contributed by atoms with Gasteiger partial charge >= 0.3 is 11.9 Å². The number of likely N-dealkylation sites (N-methyl/N-ethyl adjacent to an activating group) is 1. The fraction of sp³-hybridized carbons (Fsp3) is 0.481. The minimum absolute atomic E-state index is 0.0970. The van der Waals surface area contributed by atoms with E-state index in [2.05, 4.69) is 41.4 Å². The first-order valence-corrected chi connectivity index (χ1v) is 11.7. The Morgan fingerprint density at radius 1 is 1.06 bits per heavy atom. The van der Waals surface area contributed by atoms with Crippen LogP contribution in [0.1, 0.15) is 42.1 Å². The third-order valence-corrected chi connectivity index (χ3v) is 6.83. The van der Waals surface area contributed by atoms with Crippen LogP contribution in [0.2, 0.25) is 0 Å². The van der Waals surface area contributed by atoms with Gasteiger partial charge in [-0.3, -0.25) is 9.69 Å². The molecule has 1 N–H and O–H groups in total. The fourth-order valence-electron chi connectivity index (χ4n) is 4.84. The van der Waals surface area contributed by atoms with Crippen molar-refractivity contribution in [1.82, 2.24) is 10.2 Å². The second-order valence-electron chi connectivity index (χ2n) is 8.94. The molecule has 5 atom stereocenters. The molecule has 0 aliphatic carbocycles. The highest BCUT2D eigenvalue weighted by Crippen LogP contribution is 2.40. The normalized spacial score (nSPS) is 24.8. The van der Waals surface area contributed by atoms with E-state index < -0.39 is 12.0 Å². The summed E-state index contributed by atoms with van der Waals surface area (Å²) in [5.41, 5.74) is 1.91. The summed E-state index contributed by atoms with van der Waals surface area (Å²) in [4.78, 5) is 26.7. The van der Waals surface area contributed by atoms with Gasteiger partial charge in [0, 0.05) is 24.5 Å². The Bertz CT molecular complexity index is 890. The number of piperidine rings is 1. The van der Waals surface area contributed by atoms with Gasteiger partial charge in [-0.25, -0.2) is 4.79 Å². The molecule has 2 aromatic rings. The van der Waals surface area contributed by atoms with E-state index in [1.807, 2.05) is 26.2 Å². The first-order valence-electron chi connectivity index (χ1n) is 11.7. The molecule has 0 amide bonds. The molecule has 0 spiro atoms. The lowest BCUT2D eigenvalue weighted by atomic mass is 9.87. The molecule has 0 radical (unpaired) electrons. The topological polar surface area (TPSA) is 67.9 Å². The second-order valence-corrected chi connectivity index (χ2v) is 8.94. The minimum Gasteiger partial charge on any atom is -0.469 e. The standard InChI is InChI=1S/C17H21NO4.C10H15N/c1-18-12-8-9-13(18)15(17(20)21-2)14(10-12)22-16(19)11-6-4-3-5-7-11;1-9(11-2)8-10-6-4-3-5-7-10/h3-7,12-15H,8-10H2,1-2H3;3-7,9,11H,8H2,1-2H3/t12-,13+,14-,15+;9-/m00/s1. The predicted molar refractivity (Wildman–Crippen MR) is 129 cm³/mol. The molecule has 2 heterocycles. The number of fused-ring (bicyclic) bond motifs is 2. The van der Waals surface area contributed by atoms with Crippen molar-refractivity contribution in [2.24, 2.45) is 5.92 Å². The van der Waals surface area contributed by atoms with E-state index in [4.69, 9.17) is 9.47 Å². The van der Waals surface area contributed by atoms with Gasteiger partial charge in [-0.1, -0.05) is 48.5 Å². The quantitative estimate of drug-likeness (QED) is 0.674. The lowest BCUT2D eigenvalue weighted by Gasteiger charge is -2.40. The highest BCUT2D eigenvalue weighted by atomic mass is 16.6. The number of hydrogen-bond acceptors (Lipinski definition) is 6. The summed E-state index contributed by atoms with van der Waals surface area (Å²) in [5.74, 6) is -1.06. The van der Waals surface area contributed by atoms with Crippen LogP contribution < -0.4 is 5.32 Å². The van der Waals surface area contributed by atoms with E-state index >= 15 is 0 Å². The molecule has 33 heavy (non-hydrogen) atoms. The van der Waals surface area contributed by atoms with Crippen molar-refractivity contribution < 1.29 is 19.1 Å². The first-order chi connectivity index (χ1) is 15.9. The number of methoxy groups -OCH3 is 1. The predicted octanol–water partition coefficient (Wildman–Crippen LogP) is 3.70. The van der Waals surface area contributed by atoms with Gasteiger partial charge in [0.05, 0.1) is 12.7 Å². The maximum Gasteiger partial charge on any atom is 0.338 e. The van der Waals surface area contributed by atoms with Crippen molar-refractivity contribution in [1.29, 1.82) is 0 Å². The van der Waals surface area contributed by atoms with Gasteiger partial charge in [0.25, 0.3) is 0 Å². The van der Waals surface area contributed by atoms with E-state index in [-0.39, 0.29) is 18.0 Å². The van der Waals surface area contributed by atoms with E-state index in [1.165, 1.54) is 12.7 Å². The van der Waals surface area contributed by atoms with Crippen LogP contribution in [0.5, 0.6) is 0 Å². The van der Waals surface area contributed by atoms with Crippen molar-refractivity contribution in [2.75, 3.05) is 21.2 Å². The Labute approximate surface area is 197 Å². The molecule has 2 fully saturated rings. The van der Waals surface area contributed by atoms with Gasteiger partial charge in [-0.2, -0.15) is 0 Å².